The minimum atomic E-state index is 0. The summed E-state index contributed by atoms with van der Waals surface area (Å²) in [6.07, 6.45) is 3.98. The number of rotatable bonds is 0. The zero-order chi connectivity index (χ0) is 8.55. The van der Waals surface area contributed by atoms with Crippen molar-refractivity contribution in [1.29, 1.82) is 0 Å². The Morgan fingerprint density at radius 3 is 2.62 bits per heavy atom. The average molecular weight is 195 g/mol. The van der Waals surface area contributed by atoms with E-state index in [0.29, 0.717) is 0 Å². The van der Waals surface area contributed by atoms with Gasteiger partial charge in [-0.2, -0.15) is 0 Å². The Labute approximate surface area is 83.4 Å². The van der Waals surface area contributed by atoms with Gasteiger partial charge in [0.05, 0.1) is 0 Å². The van der Waals surface area contributed by atoms with Crippen LogP contribution in [0.1, 0.15) is 0 Å². The van der Waals surface area contributed by atoms with Crippen LogP contribution in [0.5, 0.6) is 0 Å². The van der Waals surface area contributed by atoms with Crippen LogP contribution in [0.3, 0.4) is 0 Å². The molecule has 0 bridgehead atoms. The van der Waals surface area contributed by atoms with Crippen LogP contribution in [0, 0.1) is 0 Å². The fourth-order valence-corrected chi connectivity index (χ4v) is 1.42. The Balaban J connectivity index is 0.000000845. The molecule has 1 aromatic heterocycles. The maximum Gasteiger partial charge on any atom is 0.192 e. The van der Waals surface area contributed by atoms with Gasteiger partial charge in [0.2, 0.25) is 0 Å². The summed E-state index contributed by atoms with van der Waals surface area (Å²) < 4.78 is 1.97. The minimum Gasteiger partial charge on any atom is -1.00 e. The summed E-state index contributed by atoms with van der Waals surface area (Å²) in [5, 5.41) is 2.30. The highest BCUT2D eigenvalue weighted by atomic mass is 35.5. The Hall–Kier alpha value is -1.28. The number of nitrogens with zero attached hydrogens (tertiary/aromatic N) is 1. The molecule has 0 saturated heterocycles. The number of hydrogen-bond acceptors (Lipinski definition) is 1. The van der Waals surface area contributed by atoms with E-state index in [4.69, 9.17) is 5.73 Å². The quantitative estimate of drug-likeness (QED) is 0.496. The van der Waals surface area contributed by atoms with Crippen LogP contribution in [0.25, 0.3) is 10.8 Å². The average Bonchev–Trinajstić information content (AvgIpc) is 2.04. The number of aryl methyl sites for hydroxylation is 1. The second-order valence-electron chi connectivity index (χ2n) is 2.97. The van der Waals surface area contributed by atoms with Gasteiger partial charge in [-0.05, 0) is 6.07 Å². The first-order chi connectivity index (χ1) is 5.77. The molecular formula is C10H11ClN2. The van der Waals surface area contributed by atoms with Crippen LogP contribution in [0.2, 0.25) is 0 Å². The van der Waals surface area contributed by atoms with Crippen molar-refractivity contribution in [3.63, 3.8) is 0 Å². The maximum atomic E-state index is 5.84. The molecule has 0 aliphatic heterocycles. The van der Waals surface area contributed by atoms with E-state index in [1.54, 1.807) is 0 Å². The van der Waals surface area contributed by atoms with Gasteiger partial charge in [-0.3, -0.25) is 0 Å². The molecular weight excluding hydrogens is 184 g/mol. The van der Waals surface area contributed by atoms with Gasteiger partial charge in [-0.15, -0.1) is 0 Å². The minimum absolute atomic E-state index is 0. The fourth-order valence-electron chi connectivity index (χ4n) is 1.42. The molecule has 2 nitrogen and oxygen atoms in total. The number of nitrogens with two attached hydrogens (primary N) is 1. The van der Waals surface area contributed by atoms with Crippen LogP contribution >= 0.6 is 0 Å². The number of aromatic nitrogens is 1. The third kappa shape index (κ3) is 1.73. The lowest BCUT2D eigenvalue weighted by Crippen LogP contribution is -3.00. The number of nitrogen functional groups attached to an aromatic ring is 1. The van der Waals surface area contributed by atoms with Gasteiger partial charge in [0, 0.05) is 10.8 Å². The molecule has 0 atom stereocenters. The highest BCUT2D eigenvalue weighted by molar-refractivity contribution is 5.90. The highest BCUT2D eigenvalue weighted by Gasteiger charge is 2.02. The van der Waals surface area contributed by atoms with Crippen molar-refractivity contribution in [3.8, 4) is 0 Å². The number of hydrogen-bond donors (Lipinski definition) is 1. The Morgan fingerprint density at radius 1 is 1.15 bits per heavy atom. The van der Waals surface area contributed by atoms with E-state index in [1.165, 1.54) is 5.39 Å². The van der Waals surface area contributed by atoms with E-state index in [2.05, 4.69) is 12.3 Å². The Morgan fingerprint density at radius 2 is 1.85 bits per heavy atom. The van der Waals surface area contributed by atoms with E-state index < -0.39 is 0 Å². The van der Waals surface area contributed by atoms with Gasteiger partial charge < -0.3 is 18.1 Å². The topological polar surface area (TPSA) is 29.9 Å². The molecule has 0 aliphatic rings. The second kappa shape index (κ2) is 3.62. The van der Waals surface area contributed by atoms with Gasteiger partial charge in [0.25, 0.3) is 0 Å². The SMILES string of the molecule is C[n+]1cc(N)c2ccccc2c1.[Cl-]. The third-order valence-corrected chi connectivity index (χ3v) is 1.96. The number of pyridine rings is 1. The van der Waals surface area contributed by atoms with Crippen LogP contribution in [0.4, 0.5) is 5.69 Å². The van der Waals surface area contributed by atoms with Crippen molar-refractivity contribution < 1.29 is 17.0 Å². The predicted molar refractivity (Wildman–Crippen MR) is 49.5 cm³/mol. The van der Waals surface area contributed by atoms with Gasteiger partial charge in [-0.25, -0.2) is 4.57 Å². The molecule has 2 rings (SSSR count). The van der Waals surface area contributed by atoms with Gasteiger partial charge in [0.15, 0.2) is 12.4 Å². The van der Waals surface area contributed by atoms with Crippen molar-refractivity contribution in [2.45, 2.75) is 0 Å². The monoisotopic (exact) mass is 194 g/mol. The first kappa shape index (κ1) is 9.81. The summed E-state index contributed by atoms with van der Waals surface area (Å²) in [4.78, 5) is 0. The molecule has 0 spiro atoms. The normalized spacial score (nSPS) is 9.62. The largest absolute Gasteiger partial charge is 1.00 e. The van der Waals surface area contributed by atoms with Crippen LogP contribution in [-0.2, 0) is 7.05 Å². The molecule has 1 aromatic carbocycles. The third-order valence-electron chi connectivity index (χ3n) is 1.96. The molecule has 0 radical (unpaired) electrons. The van der Waals surface area contributed by atoms with Gasteiger partial charge in [0.1, 0.15) is 12.7 Å². The van der Waals surface area contributed by atoms with E-state index in [1.807, 2.05) is 36.0 Å². The summed E-state index contributed by atoms with van der Waals surface area (Å²) in [5.41, 5.74) is 6.67. The van der Waals surface area contributed by atoms with Crippen LogP contribution < -0.4 is 22.7 Å². The fraction of sp³-hybridized carbons (Fsp3) is 0.100. The second-order valence-corrected chi connectivity index (χ2v) is 2.97. The van der Waals surface area contributed by atoms with E-state index in [0.717, 1.165) is 11.1 Å². The number of fused-ring (bicyclic) bond motifs is 1. The van der Waals surface area contributed by atoms with E-state index in [9.17, 15) is 0 Å². The molecule has 0 aliphatic carbocycles. The summed E-state index contributed by atoms with van der Waals surface area (Å²) in [6.45, 7) is 0. The summed E-state index contributed by atoms with van der Waals surface area (Å²) in [7, 11) is 1.98. The van der Waals surface area contributed by atoms with Gasteiger partial charge in [-0.1, -0.05) is 18.2 Å². The molecule has 0 saturated carbocycles. The van der Waals surface area contributed by atoms with E-state index in [-0.39, 0.29) is 12.4 Å². The predicted octanol–water partition coefficient (Wildman–Crippen LogP) is -1.75. The van der Waals surface area contributed by atoms with Crippen molar-refractivity contribution in [2.75, 3.05) is 5.73 Å². The zero-order valence-corrected chi connectivity index (χ0v) is 8.12. The number of benzene rings is 1. The van der Waals surface area contributed by atoms with Crippen molar-refractivity contribution in [1.82, 2.24) is 0 Å². The first-order valence-electron chi connectivity index (χ1n) is 3.91. The van der Waals surface area contributed by atoms with Crippen molar-refractivity contribution in [3.05, 3.63) is 36.7 Å². The molecule has 2 N–H and O–H groups in total. The molecule has 68 valence electrons. The summed E-state index contributed by atoms with van der Waals surface area (Å²) in [5.74, 6) is 0. The van der Waals surface area contributed by atoms with Crippen molar-refractivity contribution in [2.24, 2.45) is 7.05 Å². The summed E-state index contributed by atoms with van der Waals surface area (Å²) in [6, 6.07) is 8.11. The lowest BCUT2D eigenvalue weighted by Gasteiger charge is -1.98. The first-order valence-corrected chi connectivity index (χ1v) is 3.91. The summed E-state index contributed by atoms with van der Waals surface area (Å²) >= 11 is 0. The lowest BCUT2D eigenvalue weighted by molar-refractivity contribution is -0.669. The molecule has 3 heteroatoms. The number of anilines is 1. The van der Waals surface area contributed by atoms with Crippen molar-refractivity contribution >= 4 is 16.5 Å². The molecule has 0 unspecified atom stereocenters. The lowest BCUT2D eigenvalue weighted by atomic mass is 10.1. The molecule has 0 amide bonds. The Bertz CT molecular complexity index is 426. The van der Waals surface area contributed by atoms with Crippen LogP contribution in [-0.4, -0.2) is 0 Å². The molecule has 1 heterocycles. The molecule has 2 aromatic rings. The molecule has 13 heavy (non-hydrogen) atoms. The highest BCUT2D eigenvalue weighted by Crippen LogP contribution is 2.16. The van der Waals surface area contributed by atoms with E-state index >= 15 is 0 Å². The Kier molecular flexibility index (Phi) is 2.73. The smallest absolute Gasteiger partial charge is 0.192 e. The molecule has 0 fully saturated rings. The number of halogens is 1. The standard InChI is InChI=1S/C10H11N2.ClH/c1-12-6-8-4-2-3-5-9(8)10(11)7-12;/h2-7H,11H2,1H3;1H/q+1;/p-1. The van der Waals surface area contributed by atoms with Gasteiger partial charge >= 0.3 is 0 Å². The zero-order valence-electron chi connectivity index (χ0n) is 7.37. The maximum absolute atomic E-state index is 5.84. The van der Waals surface area contributed by atoms with Crippen LogP contribution in [0.15, 0.2) is 36.7 Å².